The van der Waals surface area contributed by atoms with Gasteiger partial charge in [-0.3, -0.25) is 4.79 Å². The molecule has 10 heteroatoms. The molecule has 0 saturated carbocycles. The van der Waals surface area contributed by atoms with E-state index in [4.69, 9.17) is 4.74 Å². The van der Waals surface area contributed by atoms with Crippen molar-refractivity contribution < 1.29 is 4.74 Å². The summed E-state index contributed by atoms with van der Waals surface area (Å²) in [5.41, 5.74) is 4.57. The third-order valence-corrected chi connectivity index (χ3v) is 6.20. The average molecular weight is 500 g/mol. The number of hydrogen-bond acceptors (Lipinski definition) is 9. The minimum absolute atomic E-state index is 0.169. The van der Waals surface area contributed by atoms with Crippen molar-refractivity contribution in [2.24, 2.45) is 0 Å². The zero-order valence-electron chi connectivity index (χ0n) is 20.0. The molecule has 0 atom stereocenters. The lowest BCUT2D eigenvalue weighted by Crippen LogP contribution is -2.24. The molecule has 2 aromatic carbocycles. The van der Waals surface area contributed by atoms with Crippen LogP contribution in [-0.2, 0) is 6.54 Å². The lowest BCUT2D eigenvalue weighted by atomic mass is 10.1. The molecule has 36 heavy (non-hydrogen) atoms. The Labute approximate surface area is 212 Å². The van der Waals surface area contributed by atoms with Gasteiger partial charge in [-0.15, -0.1) is 0 Å². The Morgan fingerprint density at radius 3 is 2.64 bits per heavy atom. The first-order chi connectivity index (χ1) is 17.6. The van der Waals surface area contributed by atoms with Crippen LogP contribution in [0.15, 0.2) is 71.9 Å². The van der Waals surface area contributed by atoms with Crippen LogP contribution in [0.3, 0.4) is 0 Å². The van der Waals surface area contributed by atoms with Gasteiger partial charge in [-0.2, -0.15) is 13.8 Å². The molecule has 0 aliphatic rings. The van der Waals surface area contributed by atoms with Gasteiger partial charge < -0.3 is 9.64 Å². The number of benzene rings is 2. The molecule has 0 amide bonds. The standard InChI is InChI=1S/C26H25N7O2S/c1-32(2)11-4-12-35-21-15-27-25(28-16-21)20-6-3-5-18(13-20)17-33-26(34)22(9-10-29-33)19-7-8-23-24(14-19)31-36-30-23/h3,5-10,13-16H,4,11-12,17H2,1-2H3. The highest BCUT2D eigenvalue weighted by Gasteiger charge is 2.11. The number of rotatable bonds is 9. The average Bonchev–Trinajstić information content (AvgIpc) is 3.36. The monoisotopic (exact) mass is 499 g/mol. The van der Waals surface area contributed by atoms with Crippen LogP contribution in [-0.4, -0.2) is 60.6 Å². The first kappa shape index (κ1) is 23.7. The zero-order chi connectivity index (χ0) is 24.9. The molecule has 0 spiro atoms. The topological polar surface area (TPSA) is 98.9 Å². The summed E-state index contributed by atoms with van der Waals surface area (Å²) in [5, 5.41) is 4.30. The second-order valence-corrected chi connectivity index (χ2v) is 9.15. The predicted octanol–water partition coefficient (Wildman–Crippen LogP) is 3.75. The van der Waals surface area contributed by atoms with Crippen molar-refractivity contribution in [3.05, 3.63) is 83.0 Å². The molecule has 0 fully saturated rings. The summed E-state index contributed by atoms with van der Waals surface area (Å²) >= 11 is 1.16. The largest absolute Gasteiger partial charge is 0.490 e. The lowest BCUT2D eigenvalue weighted by Gasteiger charge is -2.10. The Morgan fingerprint density at radius 2 is 1.81 bits per heavy atom. The number of aromatic nitrogens is 6. The molecule has 5 aromatic rings. The van der Waals surface area contributed by atoms with Crippen molar-refractivity contribution in [3.8, 4) is 28.3 Å². The molecule has 0 N–H and O–H groups in total. The van der Waals surface area contributed by atoms with Crippen molar-refractivity contribution in [1.29, 1.82) is 0 Å². The number of nitrogens with zero attached hydrogens (tertiary/aromatic N) is 7. The number of fused-ring (bicyclic) bond motifs is 1. The van der Waals surface area contributed by atoms with Crippen LogP contribution >= 0.6 is 11.7 Å². The molecule has 0 radical (unpaired) electrons. The van der Waals surface area contributed by atoms with E-state index in [1.807, 2.05) is 56.6 Å². The van der Waals surface area contributed by atoms with E-state index in [-0.39, 0.29) is 5.56 Å². The number of hydrogen-bond donors (Lipinski definition) is 0. The Balaban J connectivity index is 1.32. The van der Waals surface area contributed by atoms with Crippen LogP contribution in [0.4, 0.5) is 0 Å². The lowest BCUT2D eigenvalue weighted by molar-refractivity contribution is 0.280. The Morgan fingerprint density at radius 1 is 0.972 bits per heavy atom. The normalized spacial score (nSPS) is 11.3. The molecule has 3 heterocycles. The van der Waals surface area contributed by atoms with Crippen LogP contribution < -0.4 is 10.3 Å². The van der Waals surface area contributed by atoms with E-state index >= 15 is 0 Å². The van der Waals surface area contributed by atoms with E-state index in [0.717, 1.165) is 52.4 Å². The Hall–Kier alpha value is -4.02. The predicted molar refractivity (Wildman–Crippen MR) is 140 cm³/mol. The molecule has 9 nitrogen and oxygen atoms in total. The van der Waals surface area contributed by atoms with Gasteiger partial charge in [0.1, 0.15) is 11.0 Å². The summed E-state index contributed by atoms with van der Waals surface area (Å²) in [5.74, 6) is 1.24. The fraction of sp³-hybridized carbons (Fsp3) is 0.231. The van der Waals surface area contributed by atoms with E-state index < -0.39 is 0 Å². The van der Waals surface area contributed by atoms with Crippen LogP contribution in [0.2, 0.25) is 0 Å². The molecule has 0 unspecified atom stereocenters. The second kappa shape index (κ2) is 10.7. The SMILES string of the molecule is CN(C)CCCOc1cnc(-c2cccc(Cn3nccc(-c4ccc5nsnc5c4)c3=O)c2)nc1. The third-order valence-electron chi connectivity index (χ3n) is 5.64. The molecule has 0 saturated heterocycles. The van der Waals surface area contributed by atoms with Crippen LogP contribution in [0.1, 0.15) is 12.0 Å². The molecule has 0 aliphatic carbocycles. The quantitative estimate of drug-likeness (QED) is 0.283. The first-order valence-corrected chi connectivity index (χ1v) is 12.3. The number of ether oxygens (including phenoxy) is 1. The maximum atomic E-state index is 13.2. The summed E-state index contributed by atoms with van der Waals surface area (Å²) in [7, 11) is 4.08. The minimum Gasteiger partial charge on any atom is -0.490 e. The minimum atomic E-state index is -0.169. The maximum absolute atomic E-state index is 13.2. The van der Waals surface area contributed by atoms with Crippen LogP contribution in [0.5, 0.6) is 5.75 Å². The van der Waals surface area contributed by atoms with Gasteiger partial charge in [-0.1, -0.05) is 24.3 Å². The molecule has 0 aliphatic heterocycles. The van der Waals surface area contributed by atoms with Gasteiger partial charge in [0.05, 0.1) is 42.8 Å². The highest BCUT2D eigenvalue weighted by Crippen LogP contribution is 2.21. The van der Waals surface area contributed by atoms with E-state index in [0.29, 0.717) is 30.3 Å². The summed E-state index contributed by atoms with van der Waals surface area (Å²) in [6.45, 7) is 1.91. The van der Waals surface area contributed by atoms with Gasteiger partial charge >= 0.3 is 0 Å². The molecular formula is C26H25N7O2S. The van der Waals surface area contributed by atoms with Crippen LogP contribution in [0.25, 0.3) is 33.5 Å². The summed E-state index contributed by atoms with van der Waals surface area (Å²) in [4.78, 5) is 24.3. The molecule has 3 aromatic heterocycles. The summed E-state index contributed by atoms with van der Waals surface area (Å²) < 4.78 is 15.7. The smallest absolute Gasteiger partial charge is 0.274 e. The fourth-order valence-electron chi connectivity index (χ4n) is 3.83. The molecule has 182 valence electrons. The highest BCUT2D eigenvalue weighted by molar-refractivity contribution is 7.00. The summed E-state index contributed by atoms with van der Waals surface area (Å²) in [6.07, 6.45) is 5.95. The summed E-state index contributed by atoms with van der Waals surface area (Å²) in [6, 6.07) is 15.2. The van der Waals surface area contributed by atoms with Gasteiger partial charge in [-0.05, 0) is 55.9 Å². The van der Waals surface area contributed by atoms with Gasteiger partial charge in [-0.25, -0.2) is 14.6 Å². The van der Waals surface area contributed by atoms with Crippen LogP contribution in [0, 0.1) is 0 Å². The van der Waals surface area contributed by atoms with Gasteiger partial charge in [0.2, 0.25) is 0 Å². The fourth-order valence-corrected chi connectivity index (χ4v) is 4.34. The Bertz CT molecular complexity index is 1530. The Kier molecular flexibility index (Phi) is 7.06. The van der Waals surface area contributed by atoms with Crippen molar-refractivity contribution in [2.45, 2.75) is 13.0 Å². The van der Waals surface area contributed by atoms with Gasteiger partial charge in [0, 0.05) is 18.3 Å². The third kappa shape index (κ3) is 5.45. The van der Waals surface area contributed by atoms with Gasteiger partial charge in [0.15, 0.2) is 11.6 Å². The maximum Gasteiger partial charge on any atom is 0.274 e. The molecule has 5 rings (SSSR count). The molecule has 0 bridgehead atoms. The van der Waals surface area contributed by atoms with E-state index in [1.54, 1.807) is 24.7 Å². The van der Waals surface area contributed by atoms with Crippen molar-refractivity contribution in [2.75, 3.05) is 27.2 Å². The van der Waals surface area contributed by atoms with E-state index in [1.165, 1.54) is 4.68 Å². The van der Waals surface area contributed by atoms with E-state index in [2.05, 4.69) is 28.7 Å². The molecular weight excluding hydrogens is 474 g/mol. The highest BCUT2D eigenvalue weighted by atomic mass is 32.1. The zero-order valence-corrected chi connectivity index (χ0v) is 20.9. The van der Waals surface area contributed by atoms with Gasteiger partial charge in [0.25, 0.3) is 5.56 Å². The first-order valence-electron chi connectivity index (χ1n) is 11.5. The second-order valence-electron chi connectivity index (χ2n) is 8.62. The van der Waals surface area contributed by atoms with Crippen molar-refractivity contribution >= 4 is 22.8 Å². The van der Waals surface area contributed by atoms with Crippen molar-refractivity contribution in [3.63, 3.8) is 0 Å². The van der Waals surface area contributed by atoms with Crippen molar-refractivity contribution in [1.82, 2.24) is 33.4 Å². The van der Waals surface area contributed by atoms with E-state index in [9.17, 15) is 4.79 Å².